The van der Waals surface area contributed by atoms with Crippen LogP contribution in [-0.2, 0) is 12.6 Å². The summed E-state index contributed by atoms with van der Waals surface area (Å²) in [5.74, 6) is 0. The normalized spacial score (nSPS) is 11.8. The van der Waals surface area contributed by atoms with Crippen LogP contribution in [0.1, 0.15) is 16.7 Å². The maximum Gasteiger partial charge on any atom is 0.416 e. The van der Waals surface area contributed by atoms with Crippen LogP contribution in [0.3, 0.4) is 0 Å². The lowest BCUT2D eigenvalue weighted by molar-refractivity contribution is -0.138. The van der Waals surface area contributed by atoms with Crippen molar-refractivity contribution in [2.45, 2.75) is 19.5 Å². The van der Waals surface area contributed by atoms with Crippen LogP contribution in [0.4, 0.5) is 13.2 Å². The number of nitrogens with two attached hydrogens (primary N) is 1. The Morgan fingerprint density at radius 3 is 2.43 bits per heavy atom. The summed E-state index contributed by atoms with van der Waals surface area (Å²) in [4.78, 5) is 0. The molecule has 0 aliphatic carbocycles. The van der Waals surface area contributed by atoms with Crippen molar-refractivity contribution in [3.63, 3.8) is 0 Å². The Bertz CT molecular complexity index is 318. The van der Waals surface area contributed by atoms with Gasteiger partial charge in [-0.15, -0.1) is 0 Å². The third-order valence-electron chi connectivity index (χ3n) is 2.17. The zero-order valence-corrected chi connectivity index (χ0v) is 7.86. The minimum Gasteiger partial charge on any atom is -0.330 e. The molecule has 0 atom stereocenters. The molecule has 1 aromatic carbocycles. The van der Waals surface area contributed by atoms with Crippen LogP contribution in [-0.4, -0.2) is 6.54 Å². The minimum absolute atomic E-state index is 0.283. The van der Waals surface area contributed by atoms with E-state index in [0.717, 1.165) is 6.07 Å². The lowest BCUT2D eigenvalue weighted by Gasteiger charge is -2.13. The van der Waals surface area contributed by atoms with Gasteiger partial charge in [0.05, 0.1) is 5.56 Å². The van der Waals surface area contributed by atoms with Crippen LogP contribution in [0.25, 0.3) is 0 Å². The molecule has 0 heterocycles. The fourth-order valence-electron chi connectivity index (χ4n) is 1.42. The summed E-state index contributed by atoms with van der Waals surface area (Å²) in [5, 5.41) is 0. The van der Waals surface area contributed by atoms with Crippen LogP contribution in [0.2, 0.25) is 0 Å². The summed E-state index contributed by atoms with van der Waals surface area (Å²) in [7, 11) is 0. The first-order valence-electron chi connectivity index (χ1n) is 4.32. The Morgan fingerprint density at radius 2 is 1.93 bits per heavy atom. The molecule has 0 saturated carbocycles. The first kappa shape index (κ1) is 11.0. The van der Waals surface area contributed by atoms with E-state index in [9.17, 15) is 13.2 Å². The number of alkyl halides is 3. The second-order valence-corrected chi connectivity index (χ2v) is 3.13. The second kappa shape index (κ2) is 4.00. The lowest BCUT2D eigenvalue weighted by Crippen LogP contribution is -2.11. The molecular formula is C10H12F3N. The molecule has 0 aliphatic heterocycles. The van der Waals surface area contributed by atoms with Crippen molar-refractivity contribution >= 4 is 0 Å². The number of hydrogen-bond donors (Lipinski definition) is 1. The van der Waals surface area contributed by atoms with E-state index in [4.69, 9.17) is 5.73 Å². The van der Waals surface area contributed by atoms with Crippen molar-refractivity contribution in [3.8, 4) is 0 Å². The van der Waals surface area contributed by atoms with Crippen molar-refractivity contribution in [2.24, 2.45) is 5.73 Å². The van der Waals surface area contributed by atoms with Crippen LogP contribution < -0.4 is 5.73 Å². The van der Waals surface area contributed by atoms with E-state index in [1.54, 1.807) is 6.07 Å². The fourth-order valence-corrected chi connectivity index (χ4v) is 1.42. The molecule has 0 aliphatic rings. The number of benzene rings is 1. The summed E-state index contributed by atoms with van der Waals surface area (Å²) in [6, 6.07) is 4.19. The van der Waals surface area contributed by atoms with Gasteiger partial charge < -0.3 is 5.73 Å². The molecule has 1 nitrogen and oxygen atoms in total. The summed E-state index contributed by atoms with van der Waals surface area (Å²) >= 11 is 0. The first-order valence-corrected chi connectivity index (χ1v) is 4.32. The molecule has 1 aromatic rings. The highest BCUT2D eigenvalue weighted by Crippen LogP contribution is 2.32. The quantitative estimate of drug-likeness (QED) is 0.785. The Labute approximate surface area is 80.7 Å². The van der Waals surface area contributed by atoms with Gasteiger partial charge in [0.25, 0.3) is 0 Å². The highest BCUT2D eigenvalue weighted by Gasteiger charge is 2.32. The van der Waals surface area contributed by atoms with E-state index >= 15 is 0 Å². The monoisotopic (exact) mass is 203 g/mol. The molecule has 14 heavy (non-hydrogen) atoms. The number of rotatable bonds is 2. The van der Waals surface area contributed by atoms with Gasteiger partial charge in [0.2, 0.25) is 0 Å². The zero-order chi connectivity index (χ0) is 10.8. The van der Waals surface area contributed by atoms with Gasteiger partial charge in [-0.25, -0.2) is 0 Å². The Kier molecular flexibility index (Phi) is 3.16. The average molecular weight is 203 g/mol. The molecule has 4 heteroatoms. The van der Waals surface area contributed by atoms with Crippen LogP contribution in [0.15, 0.2) is 18.2 Å². The van der Waals surface area contributed by atoms with E-state index in [-0.39, 0.29) is 5.56 Å². The van der Waals surface area contributed by atoms with Crippen molar-refractivity contribution in [1.82, 2.24) is 0 Å². The number of halogens is 3. The SMILES string of the molecule is Cc1c(CCN)cccc1C(F)(F)F. The van der Waals surface area contributed by atoms with Gasteiger partial charge >= 0.3 is 6.18 Å². The van der Waals surface area contributed by atoms with Crippen molar-refractivity contribution in [1.29, 1.82) is 0 Å². The van der Waals surface area contributed by atoms with E-state index in [1.807, 2.05) is 0 Å². The van der Waals surface area contributed by atoms with Gasteiger partial charge in [0, 0.05) is 0 Å². The van der Waals surface area contributed by atoms with Gasteiger partial charge in [0.15, 0.2) is 0 Å². The van der Waals surface area contributed by atoms with Gasteiger partial charge in [-0.3, -0.25) is 0 Å². The summed E-state index contributed by atoms with van der Waals surface area (Å²) < 4.78 is 37.3. The fraction of sp³-hybridized carbons (Fsp3) is 0.400. The third-order valence-corrected chi connectivity index (χ3v) is 2.17. The molecule has 0 bridgehead atoms. The van der Waals surface area contributed by atoms with E-state index in [2.05, 4.69) is 0 Å². The highest BCUT2D eigenvalue weighted by atomic mass is 19.4. The largest absolute Gasteiger partial charge is 0.416 e. The Hall–Kier alpha value is -1.03. The minimum atomic E-state index is -4.27. The highest BCUT2D eigenvalue weighted by molar-refractivity contribution is 5.36. The van der Waals surface area contributed by atoms with Crippen molar-refractivity contribution < 1.29 is 13.2 Å². The van der Waals surface area contributed by atoms with E-state index in [1.165, 1.54) is 13.0 Å². The first-order chi connectivity index (χ1) is 6.46. The topological polar surface area (TPSA) is 26.0 Å². The van der Waals surface area contributed by atoms with Gasteiger partial charge in [-0.1, -0.05) is 12.1 Å². The molecule has 0 aromatic heterocycles. The smallest absolute Gasteiger partial charge is 0.330 e. The van der Waals surface area contributed by atoms with Gasteiger partial charge in [-0.05, 0) is 37.1 Å². The molecular weight excluding hydrogens is 191 g/mol. The summed E-state index contributed by atoms with van der Waals surface area (Å²) in [6.45, 7) is 1.84. The molecule has 0 saturated heterocycles. The Morgan fingerprint density at radius 1 is 1.29 bits per heavy atom. The van der Waals surface area contributed by atoms with E-state index < -0.39 is 11.7 Å². The predicted molar refractivity (Wildman–Crippen MR) is 48.9 cm³/mol. The average Bonchev–Trinajstić information content (AvgIpc) is 2.07. The molecule has 2 N–H and O–H groups in total. The summed E-state index contributed by atoms with van der Waals surface area (Å²) in [6.07, 6.45) is -3.79. The predicted octanol–water partition coefficient (Wildman–Crippen LogP) is 2.52. The number of hydrogen-bond acceptors (Lipinski definition) is 1. The van der Waals surface area contributed by atoms with Gasteiger partial charge in [0.1, 0.15) is 0 Å². The van der Waals surface area contributed by atoms with Crippen molar-refractivity contribution in [3.05, 3.63) is 34.9 Å². The molecule has 0 amide bonds. The van der Waals surface area contributed by atoms with E-state index in [0.29, 0.717) is 18.5 Å². The van der Waals surface area contributed by atoms with Crippen LogP contribution in [0, 0.1) is 6.92 Å². The Balaban J connectivity index is 3.14. The van der Waals surface area contributed by atoms with Crippen LogP contribution in [0.5, 0.6) is 0 Å². The van der Waals surface area contributed by atoms with Crippen molar-refractivity contribution in [2.75, 3.05) is 6.54 Å². The van der Waals surface area contributed by atoms with Gasteiger partial charge in [-0.2, -0.15) is 13.2 Å². The molecule has 0 radical (unpaired) electrons. The maximum absolute atomic E-state index is 12.4. The second-order valence-electron chi connectivity index (χ2n) is 3.13. The standard InChI is InChI=1S/C10H12F3N/c1-7-8(5-6-14)3-2-4-9(7)10(11,12)13/h2-4H,5-6,14H2,1H3. The zero-order valence-electron chi connectivity index (χ0n) is 7.86. The molecule has 0 unspecified atom stereocenters. The molecule has 1 rings (SSSR count). The summed E-state index contributed by atoms with van der Waals surface area (Å²) in [5.41, 5.74) is 5.69. The molecule has 78 valence electrons. The van der Waals surface area contributed by atoms with Crippen LogP contribution >= 0.6 is 0 Å². The lowest BCUT2D eigenvalue weighted by atomic mass is 10.00. The third kappa shape index (κ3) is 2.26. The molecule has 0 fully saturated rings. The molecule has 0 spiro atoms. The maximum atomic E-state index is 12.4.